The SMILES string of the molecule is CCNC(=NCCC(=O)NCc1ccccc1)NC1CCN(c2ccccc2OC)C1. The number of aliphatic imine (C=N–C) groups is 1. The molecule has 0 spiro atoms. The molecular weight excluding hydrogens is 390 g/mol. The zero-order chi connectivity index (χ0) is 21.9. The molecule has 7 heteroatoms. The Balaban J connectivity index is 1.46. The minimum Gasteiger partial charge on any atom is -0.495 e. The van der Waals surface area contributed by atoms with Crippen molar-refractivity contribution in [2.24, 2.45) is 4.99 Å². The van der Waals surface area contributed by atoms with Crippen molar-refractivity contribution in [2.45, 2.75) is 32.4 Å². The Morgan fingerprint density at radius 2 is 1.90 bits per heavy atom. The molecule has 1 atom stereocenters. The fourth-order valence-corrected chi connectivity index (χ4v) is 3.66. The van der Waals surface area contributed by atoms with Gasteiger partial charge in [-0.25, -0.2) is 0 Å². The van der Waals surface area contributed by atoms with Crippen molar-refractivity contribution >= 4 is 17.6 Å². The largest absolute Gasteiger partial charge is 0.495 e. The van der Waals surface area contributed by atoms with E-state index in [9.17, 15) is 4.79 Å². The van der Waals surface area contributed by atoms with Crippen LogP contribution in [0.5, 0.6) is 5.75 Å². The molecule has 1 amide bonds. The molecular formula is C24H33N5O2. The van der Waals surface area contributed by atoms with Gasteiger partial charge in [-0.15, -0.1) is 0 Å². The van der Waals surface area contributed by atoms with Crippen LogP contribution in [0.1, 0.15) is 25.3 Å². The first kappa shape index (κ1) is 22.5. The van der Waals surface area contributed by atoms with Gasteiger partial charge in [-0.05, 0) is 31.0 Å². The van der Waals surface area contributed by atoms with E-state index in [1.807, 2.05) is 55.5 Å². The fourth-order valence-electron chi connectivity index (χ4n) is 3.66. The minimum absolute atomic E-state index is 0.00617. The lowest BCUT2D eigenvalue weighted by Gasteiger charge is -2.22. The van der Waals surface area contributed by atoms with E-state index in [2.05, 4.69) is 31.9 Å². The lowest BCUT2D eigenvalue weighted by Crippen LogP contribution is -2.44. The Bertz CT molecular complexity index is 856. The molecule has 166 valence electrons. The molecule has 0 aliphatic carbocycles. The molecule has 1 fully saturated rings. The molecule has 1 saturated heterocycles. The minimum atomic E-state index is 0.00617. The van der Waals surface area contributed by atoms with Crippen molar-refractivity contribution in [1.82, 2.24) is 16.0 Å². The van der Waals surface area contributed by atoms with E-state index in [1.165, 1.54) is 0 Å². The lowest BCUT2D eigenvalue weighted by atomic mass is 10.2. The Labute approximate surface area is 184 Å². The molecule has 0 radical (unpaired) electrons. The van der Waals surface area contributed by atoms with Crippen molar-refractivity contribution in [3.05, 3.63) is 60.2 Å². The van der Waals surface area contributed by atoms with E-state index in [4.69, 9.17) is 4.74 Å². The molecule has 2 aromatic carbocycles. The van der Waals surface area contributed by atoms with Crippen LogP contribution in [0.3, 0.4) is 0 Å². The zero-order valence-corrected chi connectivity index (χ0v) is 18.4. The summed E-state index contributed by atoms with van der Waals surface area (Å²) in [5, 5.41) is 9.74. The van der Waals surface area contributed by atoms with Crippen molar-refractivity contribution in [1.29, 1.82) is 0 Å². The fraction of sp³-hybridized carbons (Fsp3) is 0.417. The third-order valence-corrected chi connectivity index (χ3v) is 5.24. The lowest BCUT2D eigenvalue weighted by molar-refractivity contribution is -0.121. The molecule has 31 heavy (non-hydrogen) atoms. The van der Waals surface area contributed by atoms with Crippen LogP contribution >= 0.6 is 0 Å². The summed E-state index contributed by atoms with van der Waals surface area (Å²) in [7, 11) is 1.70. The quantitative estimate of drug-likeness (QED) is 0.427. The average molecular weight is 424 g/mol. The van der Waals surface area contributed by atoms with E-state index in [0.717, 1.165) is 49.0 Å². The third-order valence-electron chi connectivity index (χ3n) is 5.24. The predicted molar refractivity (Wildman–Crippen MR) is 126 cm³/mol. The molecule has 7 nitrogen and oxygen atoms in total. The smallest absolute Gasteiger partial charge is 0.222 e. The maximum Gasteiger partial charge on any atom is 0.222 e. The number of anilines is 1. The van der Waals surface area contributed by atoms with Crippen LogP contribution in [0.25, 0.3) is 0 Å². The van der Waals surface area contributed by atoms with Gasteiger partial charge < -0.3 is 25.6 Å². The molecule has 1 unspecified atom stereocenters. The number of carbonyl (C=O) groups excluding carboxylic acids is 1. The van der Waals surface area contributed by atoms with E-state index in [-0.39, 0.29) is 11.9 Å². The number of rotatable bonds is 9. The number of methoxy groups -OCH3 is 1. The molecule has 1 aliphatic rings. The summed E-state index contributed by atoms with van der Waals surface area (Å²) >= 11 is 0. The Morgan fingerprint density at radius 1 is 1.13 bits per heavy atom. The summed E-state index contributed by atoms with van der Waals surface area (Å²) in [4.78, 5) is 19.0. The highest BCUT2D eigenvalue weighted by Crippen LogP contribution is 2.30. The van der Waals surface area contributed by atoms with Crippen LogP contribution in [0.2, 0.25) is 0 Å². The predicted octanol–water partition coefficient (Wildman–Crippen LogP) is 2.54. The van der Waals surface area contributed by atoms with Crippen molar-refractivity contribution < 1.29 is 9.53 Å². The number of guanidine groups is 1. The van der Waals surface area contributed by atoms with E-state index in [0.29, 0.717) is 19.5 Å². The second kappa shape index (κ2) is 11.8. The van der Waals surface area contributed by atoms with Crippen LogP contribution in [-0.4, -0.2) is 51.2 Å². The topological polar surface area (TPSA) is 78.0 Å². The summed E-state index contributed by atoms with van der Waals surface area (Å²) in [5.41, 5.74) is 2.21. The molecule has 1 heterocycles. The van der Waals surface area contributed by atoms with Crippen LogP contribution < -0.4 is 25.6 Å². The first-order valence-electron chi connectivity index (χ1n) is 10.9. The number of hydrogen-bond acceptors (Lipinski definition) is 4. The maximum absolute atomic E-state index is 12.1. The van der Waals surface area contributed by atoms with Crippen LogP contribution in [-0.2, 0) is 11.3 Å². The number of carbonyl (C=O) groups is 1. The first-order valence-corrected chi connectivity index (χ1v) is 10.9. The summed E-state index contributed by atoms with van der Waals surface area (Å²) in [6, 6.07) is 18.3. The summed E-state index contributed by atoms with van der Waals surface area (Å²) in [6.45, 7) is 5.64. The van der Waals surface area contributed by atoms with Gasteiger partial charge in [-0.2, -0.15) is 0 Å². The average Bonchev–Trinajstić information content (AvgIpc) is 3.26. The zero-order valence-electron chi connectivity index (χ0n) is 18.4. The van der Waals surface area contributed by atoms with Gasteiger partial charge in [-0.3, -0.25) is 9.79 Å². The number of para-hydroxylation sites is 2. The van der Waals surface area contributed by atoms with Crippen molar-refractivity contribution in [3.63, 3.8) is 0 Å². The Hall–Kier alpha value is -3.22. The van der Waals surface area contributed by atoms with Gasteiger partial charge >= 0.3 is 0 Å². The van der Waals surface area contributed by atoms with Gasteiger partial charge in [0.15, 0.2) is 5.96 Å². The van der Waals surface area contributed by atoms with Gasteiger partial charge in [0, 0.05) is 38.6 Å². The van der Waals surface area contributed by atoms with Crippen molar-refractivity contribution in [3.8, 4) is 5.75 Å². The summed E-state index contributed by atoms with van der Waals surface area (Å²) < 4.78 is 5.50. The van der Waals surface area contributed by atoms with Gasteiger partial charge in [0.2, 0.25) is 5.91 Å². The normalized spacial score (nSPS) is 16.1. The molecule has 0 bridgehead atoms. The molecule has 0 aromatic heterocycles. The molecule has 2 aromatic rings. The highest BCUT2D eigenvalue weighted by atomic mass is 16.5. The van der Waals surface area contributed by atoms with Gasteiger partial charge in [-0.1, -0.05) is 42.5 Å². The van der Waals surface area contributed by atoms with Gasteiger partial charge in [0.1, 0.15) is 5.75 Å². The standard InChI is InChI=1S/C24H33N5O2/c1-3-25-24(26-15-13-23(30)27-17-19-9-5-4-6-10-19)28-20-14-16-29(18-20)21-11-7-8-12-22(21)31-2/h4-12,20H,3,13-18H2,1-2H3,(H,27,30)(H2,25,26,28). The van der Waals surface area contributed by atoms with E-state index in [1.54, 1.807) is 7.11 Å². The van der Waals surface area contributed by atoms with Crippen LogP contribution in [0.15, 0.2) is 59.6 Å². The highest BCUT2D eigenvalue weighted by Gasteiger charge is 2.25. The van der Waals surface area contributed by atoms with Crippen molar-refractivity contribution in [2.75, 3.05) is 38.2 Å². The Morgan fingerprint density at radius 3 is 2.68 bits per heavy atom. The highest BCUT2D eigenvalue weighted by molar-refractivity contribution is 5.81. The summed E-state index contributed by atoms with van der Waals surface area (Å²) in [5.74, 6) is 1.65. The number of amides is 1. The molecule has 0 saturated carbocycles. The maximum atomic E-state index is 12.1. The molecule has 3 rings (SSSR count). The van der Waals surface area contributed by atoms with Crippen LogP contribution in [0, 0.1) is 0 Å². The van der Waals surface area contributed by atoms with Gasteiger partial charge in [0.05, 0.1) is 19.3 Å². The number of nitrogens with zero attached hydrogens (tertiary/aromatic N) is 2. The number of hydrogen-bond donors (Lipinski definition) is 3. The van der Waals surface area contributed by atoms with E-state index < -0.39 is 0 Å². The second-order valence-electron chi connectivity index (χ2n) is 7.52. The molecule has 1 aliphatic heterocycles. The summed E-state index contributed by atoms with van der Waals surface area (Å²) in [6.07, 6.45) is 1.38. The number of nitrogens with one attached hydrogen (secondary N) is 3. The molecule has 3 N–H and O–H groups in total. The first-order chi connectivity index (χ1) is 15.2. The second-order valence-corrected chi connectivity index (χ2v) is 7.52. The van der Waals surface area contributed by atoms with Crippen LogP contribution in [0.4, 0.5) is 5.69 Å². The monoisotopic (exact) mass is 423 g/mol. The van der Waals surface area contributed by atoms with E-state index >= 15 is 0 Å². The Kier molecular flexibility index (Phi) is 8.58. The third kappa shape index (κ3) is 6.91. The number of benzene rings is 2. The number of ether oxygens (including phenoxy) is 1. The van der Waals surface area contributed by atoms with Gasteiger partial charge in [0.25, 0.3) is 0 Å².